The Balaban J connectivity index is 1.79. The molecule has 0 aliphatic carbocycles. The van der Waals surface area contributed by atoms with Gasteiger partial charge in [0.1, 0.15) is 5.75 Å². The van der Waals surface area contributed by atoms with Crippen LogP contribution in [0.4, 0.5) is 4.79 Å². The van der Waals surface area contributed by atoms with Gasteiger partial charge >= 0.3 is 6.03 Å². The van der Waals surface area contributed by atoms with Crippen LogP contribution in [0, 0.1) is 0 Å². The van der Waals surface area contributed by atoms with Crippen molar-refractivity contribution in [3.63, 3.8) is 0 Å². The van der Waals surface area contributed by atoms with E-state index < -0.39 is 0 Å². The average Bonchev–Trinajstić information content (AvgIpc) is 2.56. The number of hydrogen-bond donors (Lipinski definition) is 1. The Morgan fingerprint density at radius 3 is 2.55 bits per heavy atom. The van der Waals surface area contributed by atoms with E-state index in [1.54, 1.807) is 19.1 Å². The molecule has 0 bridgehead atoms. The second-order valence-electron chi connectivity index (χ2n) is 5.18. The number of carbonyl (C=O) groups is 1. The number of ether oxygens (including phenoxy) is 1. The van der Waals surface area contributed by atoms with Gasteiger partial charge in [-0.1, -0.05) is 42.5 Å². The van der Waals surface area contributed by atoms with Crippen molar-refractivity contribution in [3.8, 4) is 5.75 Å². The quantitative estimate of drug-likeness (QED) is 0.890. The highest BCUT2D eigenvalue weighted by Crippen LogP contribution is 2.13. The molecule has 0 spiro atoms. The Labute approximate surface area is 131 Å². The van der Waals surface area contributed by atoms with E-state index in [1.807, 2.05) is 42.5 Å². The van der Waals surface area contributed by atoms with Crippen LogP contribution in [0.1, 0.15) is 11.1 Å². The van der Waals surface area contributed by atoms with Gasteiger partial charge in [0.25, 0.3) is 0 Å². The highest BCUT2D eigenvalue weighted by atomic mass is 16.5. The van der Waals surface area contributed by atoms with E-state index in [4.69, 9.17) is 4.74 Å². The van der Waals surface area contributed by atoms with Crippen molar-refractivity contribution >= 4 is 6.03 Å². The van der Waals surface area contributed by atoms with E-state index in [2.05, 4.69) is 17.4 Å². The number of nitrogens with one attached hydrogen (secondary N) is 1. The molecule has 2 rings (SSSR count). The van der Waals surface area contributed by atoms with E-state index in [0.717, 1.165) is 17.7 Å². The number of hydrogen-bond acceptors (Lipinski definition) is 2. The standard InChI is InChI=1S/C18H22N2O2/c1-20(14-16-9-6-10-17(13-16)22-2)18(21)19-12-11-15-7-4-3-5-8-15/h3-10,13H,11-12,14H2,1-2H3,(H,19,21). The monoisotopic (exact) mass is 298 g/mol. The molecule has 1 N–H and O–H groups in total. The molecule has 0 saturated heterocycles. The number of amides is 2. The van der Waals surface area contributed by atoms with E-state index in [9.17, 15) is 4.79 Å². The molecule has 4 nitrogen and oxygen atoms in total. The zero-order chi connectivity index (χ0) is 15.8. The summed E-state index contributed by atoms with van der Waals surface area (Å²) in [7, 11) is 3.43. The first-order chi connectivity index (χ1) is 10.7. The summed E-state index contributed by atoms with van der Waals surface area (Å²) in [5.41, 5.74) is 2.26. The third-order valence-electron chi connectivity index (χ3n) is 3.43. The molecular formula is C18H22N2O2. The fraction of sp³-hybridized carbons (Fsp3) is 0.278. The van der Waals surface area contributed by atoms with Crippen LogP contribution in [0.3, 0.4) is 0 Å². The summed E-state index contributed by atoms with van der Waals surface area (Å²) in [6.45, 7) is 1.18. The van der Waals surface area contributed by atoms with Crippen LogP contribution in [-0.4, -0.2) is 31.6 Å². The minimum atomic E-state index is -0.0706. The Bertz CT molecular complexity index is 599. The zero-order valence-corrected chi connectivity index (χ0v) is 13.1. The molecule has 0 fully saturated rings. The van der Waals surface area contributed by atoms with Gasteiger partial charge in [-0.25, -0.2) is 4.79 Å². The maximum absolute atomic E-state index is 12.1. The molecule has 0 heterocycles. The van der Waals surface area contributed by atoms with Crippen LogP contribution in [0.15, 0.2) is 54.6 Å². The fourth-order valence-corrected chi connectivity index (χ4v) is 2.21. The molecule has 0 saturated carbocycles. The predicted octanol–water partition coefficient (Wildman–Crippen LogP) is 3.08. The second kappa shape index (κ2) is 8.08. The molecule has 22 heavy (non-hydrogen) atoms. The normalized spacial score (nSPS) is 10.1. The molecule has 0 radical (unpaired) electrons. The van der Waals surface area contributed by atoms with Crippen LogP contribution in [0.25, 0.3) is 0 Å². The largest absolute Gasteiger partial charge is 0.497 e. The SMILES string of the molecule is COc1cccc(CN(C)C(=O)NCCc2ccccc2)c1. The van der Waals surface area contributed by atoms with Gasteiger partial charge in [-0.05, 0) is 29.7 Å². The van der Waals surface area contributed by atoms with Crippen molar-refractivity contribution in [2.24, 2.45) is 0 Å². The number of urea groups is 1. The molecule has 2 aromatic carbocycles. The van der Waals surface area contributed by atoms with Gasteiger partial charge in [0.15, 0.2) is 0 Å². The third kappa shape index (κ3) is 4.81. The van der Waals surface area contributed by atoms with E-state index in [0.29, 0.717) is 13.1 Å². The van der Waals surface area contributed by atoms with E-state index >= 15 is 0 Å². The van der Waals surface area contributed by atoms with Crippen molar-refractivity contribution in [1.29, 1.82) is 0 Å². The van der Waals surface area contributed by atoms with Crippen molar-refractivity contribution < 1.29 is 9.53 Å². The van der Waals surface area contributed by atoms with Crippen LogP contribution in [0.5, 0.6) is 5.75 Å². The van der Waals surface area contributed by atoms with Crippen LogP contribution in [0.2, 0.25) is 0 Å². The highest BCUT2D eigenvalue weighted by molar-refractivity contribution is 5.73. The summed E-state index contributed by atoms with van der Waals surface area (Å²) in [6, 6.07) is 17.8. The van der Waals surface area contributed by atoms with Gasteiger partial charge in [0.2, 0.25) is 0 Å². The van der Waals surface area contributed by atoms with Crippen LogP contribution < -0.4 is 10.1 Å². The average molecular weight is 298 g/mol. The number of rotatable bonds is 6. The summed E-state index contributed by atoms with van der Waals surface area (Å²) < 4.78 is 5.19. The number of methoxy groups -OCH3 is 1. The molecule has 0 aromatic heterocycles. The Kier molecular flexibility index (Phi) is 5.83. The maximum Gasteiger partial charge on any atom is 0.317 e. The Hall–Kier alpha value is -2.49. The number of carbonyl (C=O) groups excluding carboxylic acids is 1. The van der Waals surface area contributed by atoms with Gasteiger partial charge < -0.3 is 15.0 Å². The highest BCUT2D eigenvalue weighted by Gasteiger charge is 2.08. The second-order valence-corrected chi connectivity index (χ2v) is 5.18. The lowest BCUT2D eigenvalue weighted by atomic mass is 10.1. The Morgan fingerprint density at radius 1 is 1.09 bits per heavy atom. The van der Waals surface area contributed by atoms with Crippen molar-refractivity contribution in [3.05, 3.63) is 65.7 Å². The summed E-state index contributed by atoms with van der Waals surface area (Å²) in [4.78, 5) is 13.7. The van der Waals surface area contributed by atoms with Crippen molar-refractivity contribution in [2.75, 3.05) is 20.7 Å². The predicted molar refractivity (Wildman–Crippen MR) is 88.0 cm³/mol. The summed E-state index contributed by atoms with van der Waals surface area (Å²) in [5.74, 6) is 0.801. The van der Waals surface area contributed by atoms with Crippen molar-refractivity contribution in [1.82, 2.24) is 10.2 Å². The molecule has 4 heteroatoms. The smallest absolute Gasteiger partial charge is 0.317 e. The molecule has 0 aliphatic heterocycles. The first-order valence-corrected chi connectivity index (χ1v) is 7.35. The summed E-state index contributed by atoms with van der Waals surface area (Å²) in [5, 5.41) is 2.94. The van der Waals surface area contributed by atoms with Gasteiger partial charge in [-0.15, -0.1) is 0 Å². The first kappa shape index (κ1) is 15.9. The van der Waals surface area contributed by atoms with Crippen LogP contribution >= 0.6 is 0 Å². The molecule has 2 aromatic rings. The minimum Gasteiger partial charge on any atom is -0.497 e. The molecule has 116 valence electrons. The molecule has 2 amide bonds. The summed E-state index contributed by atoms with van der Waals surface area (Å²) in [6.07, 6.45) is 0.833. The molecule has 0 atom stereocenters. The summed E-state index contributed by atoms with van der Waals surface area (Å²) >= 11 is 0. The van der Waals surface area contributed by atoms with Gasteiger partial charge in [-0.3, -0.25) is 0 Å². The van der Waals surface area contributed by atoms with E-state index in [1.165, 1.54) is 5.56 Å². The minimum absolute atomic E-state index is 0.0706. The molecule has 0 aliphatic rings. The topological polar surface area (TPSA) is 41.6 Å². The number of nitrogens with zero attached hydrogens (tertiary/aromatic N) is 1. The third-order valence-corrected chi connectivity index (χ3v) is 3.43. The van der Waals surface area contributed by atoms with Gasteiger partial charge in [0, 0.05) is 20.1 Å². The lowest BCUT2D eigenvalue weighted by Crippen LogP contribution is -2.37. The first-order valence-electron chi connectivity index (χ1n) is 7.35. The molecule has 0 unspecified atom stereocenters. The van der Waals surface area contributed by atoms with Crippen molar-refractivity contribution in [2.45, 2.75) is 13.0 Å². The lowest BCUT2D eigenvalue weighted by Gasteiger charge is -2.18. The van der Waals surface area contributed by atoms with Crippen LogP contribution in [-0.2, 0) is 13.0 Å². The van der Waals surface area contributed by atoms with Gasteiger partial charge in [-0.2, -0.15) is 0 Å². The van der Waals surface area contributed by atoms with Gasteiger partial charge in [0.05, 0.1) is 7.11 Å². The lowest BCUT2D eigenvalue weighted by molar-refractivity contribution is 0.207. The maximum atomic E-state index is 12.1. The number of benzene rings is 2. The van der Waals surface area contributed by atoms with E-state index in [-0.39, 0.29) is 6.03 Å². The fourth-order valence-electron chi connectivity index (χ4n) is 2.21. The molecular weight excluding hydrogens is 276 g/mol. The zero-order valence-electron chi connectivity index (χ0n) is 13.1. The Morgan fingerprint density at radius 2 is 1.82 bits per heavy atom.